The first-order valence-electron chi connectivity index (χ1n) is 5.49. The van der Waals surface area contributed by atoms with Gasteiger partial charge in [-0.15, -0.1) is 24.9 Å². The van der Waals surface area contributed by atoms with Gasteiger partial charge in [0, 0.05) is 4.90 Å². The Morgan fingerprint density at radius 1 is 0.947 bits per heavy atom. The Hall–Kier alpha value is -1.62. The Bertz CT molecular complexity index is 549. The maximum absolute atomic E-state index is 12.1. The Balaban J connectivity index is 2.27. The molecule has 1 nitrogen and oxygen atoms in total. The first-order chi connectivity index (χ1) is 8.99. The van der Waals surface area contributed by atoms with Crippen molar-refractivity contribution in [3.05, 3.63) is 48.5 Å². The number of halogens is 3. The molecule has 5 heteroatoms. The molecule has 2 rings (SSSR count). The normalized spacial score (nSPS) is 11.4. The average molecular weight is 284 g/mol. The minimum atomic E-state index is -4.65. The summed E-state index contributed by atoms with van der Waals surface area (Å²) in [4.78, 5) is 1.08. The lowest BCUT2D eigenvalue weighted by atomic mass is 10.1. The van der Waals surface area contributed by atoms with E-state index in [1.807, 2.05) is 30.5 Å². The summed E-state index contributed by atoms with van der Waals surface area (Å²) in [6.45, 7) is 0. The van der Waals surface area contributed by atoms with E-state index in [9.17, 15) is 13.2 Å². The summed E-state index contributed by atoms with van der Waals surface area (Å²) in [7, 11) is 0. The van der Waals surface area contributed by atoms with Crippen LogP contribution in [0.1, 0.15) is 0 Å². The fraction of sp³-hybridized carbons (Fsp3) is 0.143. The number of hydrogen-bond donors (Lipinski definition) is 0. The van der Waals surface area contributed by atoms with Crippen LogP contribution in [-0.2, 0) is 0 Å². The molecule has 0 aliphatic rings. The molecule has 0 amide bonds. The summed E-state index contributed by atoms with van der Waals surface area (Å²) in [6, 6.07) is 13.6. The number of thioether (sulfide) groups is 1. The molecule has 0 atom stereocenters. The highest BCUT2D eigenvalue weighted by Gasteiger charge is 2.30. The van der Waals surface area contributed by atoms with Gasteiger partial charge in [0.15, 0.2) is 0 Å². The second-order valence-corrected chi connectivity index (χ2v) is 4.62. The largest absolute Gasteiger partial charge is 0.573 e. The van der Waals surface area contributed by atoms with Crippen LogP contribution in [0.25, 0.3) is 11.1 Å². The van der Waals surface area contributed by atoms with E-state index in [2.05, 4.69) is 4.74 Å². The molecule has 0 bridgehead atoms. The van der Waals surface area contributed by atoms with Gasteiger partial charge in [0.25, 0.3) is 0 Å². The quantitative estimate of drug-likeness (QED) is 0.736. The molecule has 0 fully saturated rings. The second kappa shape index (κ2) is 5.57. The van der Waals surface area contributed by atoms with Crippen LogP contribution in [0.3, 0.4) is 0 Å². The van der Waals surface area contributed by atoms with Crippen LogP contribution in [0.4, 0.5) is 13.2 Å². The van der Waals surface area contributed by atoms with E-state index >= 15 is 0 Å². The molecule has 19 heavy (non-hydrogen) atoms. The second-order valence-electron chi connectivity index (χ2n) is 3.77. The maximum atomic E-state index is 12.1. The van der Waals surface area contributed by atoms with Crippen molar-refractivity contribution in [2.75, 3.05) is 6.26 Å². The molecule has 100 valence electrons. The molecule has 0 saturated carbocycles. The van der Waals surface area contributed by atoms with Crippen molar-refractivity contribution in [3.63, 3.8) is 0 Å². The fourth-order valence-electron chi connectivity index (χ4n) is 1.72. The van der Waals surface area contributed by atoms with Crippen molar-refractivity contribution < 1.29 is 17.9 Å². The lowest BCUT2D eigenvalue weighted by Gasteiger charge is -2.10. The Morgan fingerprint density at radius 3 is 2.16 bits per heavy atom. The van der Waals surface area contributed by atoms with Gasteiger partial charge in [-0.1, -0.05) is 30.3 Å². The van der Waals surface area contributed by atoms with Gasteiger partial charge in [0.05, 0.1) is 0 Å². The molecule has 0 saturated heterocycles. The third kappa shape index (κ3) is 3.67. The number of ether oxygens (including phenoxy) is 1. The topological polar surface area (TPSA) is 9.23 Å². The molecule has 0 N–H and O–H groups in total. The summed E-state index contributed by atoms with van der Waals surface area (Å²) in [5, 5.41) is 0. The van der Waals surface area contributed by atoms with E-state index in [0.717, 1.165) is 16.0 Å². The number of benzene rings is 2. The monoisotopic (exact) mass is 284 g/mol. The van der Waals surface area contributed by atoms with Crippen molar-refractivity contribution in [3.8, 4) is 16.9 Å². The van der Waals surface area contributed by atoms with E-state index in [4.69, 9.17) is 0 Å². The number of hydrogen-bond acceptors (Lipinski definition) is 2. The van der Waals surface area contributed by atoms with E-state index in [1.165, 1.54) is 12.1 Å². The van der Waals surface area contributed by atoms with Crippen LogP contribution in [0.2, 0.25) is 0 Å². The lowest BCUT2D eigenvalue weighted by Crippen LogP contribution is -2.16. The maximum Gasteiger partial charge on any atom is 0.573 e. The van der Waals surface area contributed by atoms with Gasteiger partial charge in [-0.25, -0.2) is 0 Å². The molecule has 0 heterocycles. The highest BCUT2D eigenvalue weighted by Crippen LogP contribution is 2.31. The number of alkyl halides is 3. The fourth-order valence-corrected chi connectivity index (χ4v) is 2.34. The van der Waals surface area contributed by atoms with Crippen LogP contribution >= 0.6 is 11.8 Å². The first kappa shape index (κ1) is 13.8. The highest BCUT2D eigenvalue weighted by atomic mass is 32.2. The standard InChI is InChI=1S/C14H11F3OS/c1-19-13-5-3-2-4-12(13)10-6-8-11(9-7-10)18-14(15,16)17/h2-9H,1H3. The van der Waals surface area contributed by atoms with Crippen LogP contribution in [-0.4, -0.2) is 12.6 Å². The van der Waals surface area contributed by atoms with Gasteiger partial charge in [-0.3, -0.25) is 0 Å². The van der Waals surface area contributed by atoms with E-state index in [1.54, 1.807) is 23.9 Å². The zero-order valence-corrected chi connectivity index (χ0v) is 10.9. The van der Waals surface area contributed by atoms with Gasteiger partial charge in [0.2, 0.25) is 0 Å². The van der Waals surface area contributed by atoms with Crippen molar-refractivity contribution >= 4 is 11.8 Å². The Kier molecular flexibility index (Phi) is 4.04. The predicted molar refractivity (Wildman–Crippen MR) is 70.3 cm³/mol. The minimum absolute atomic E-state index is 0.210. The van der Waals surface area contributed by atoms with Crippen LogP contribution in [0, 0.1) is 0 Å². The van der Waals surface area contributed by atoms with Gasteiger partial charge in [-0.2, -0.15) is 0 Å². The van der Waals surface area contributed by atoms with Gasteiger partial charge in [-0.05, 0) is 35.6 Å². The van der Waals surface area contributed by atoms with Gasteiger partial charge >= 0.3 is 6.36 Å². The highest BCUT2D eigenvalue weighted by molar-refractivity contribution is 7.98. The third-order valence-corrected chi connectivity index (χ3v) is 3.30. The summed E-state index contributed by atoms with van der Waals surface area (Å²) in [5.41, 5.74) is 1.85. The van der Waals surface area contributed by atoms with E-state index in [-0.39, 0.29) is 5.75 Å². The lowest BCUT2D eigenvalue weighted by molar-refractivity contribution is -0.274. The molecule has 0 aliphatic carbocycles. The molecule has 0 radical (unpaired) electrons. The zero-order valence-electron chi connectivity index (χ0n) is 10.1. The summed E-state index contributed by atoms with van der Waals surface area (Å²) in [5.74, 6) is -0.210. The SMILES string of the molecule is CSc1ccccc1-c1ccc(OC(F)(F)F)cc1. The molecular weight excluding hydrogens is 273 g/mol. The van der Waals surface area contributed by atoms with E-state index < -0.39 is 6.36 Å². The van der Waals surface area contributed by atoms with Gasteiger partial charge in [0.1, 0.15) is 5.75 Å². The molecule has 0 aromatic heterocycles. The molecule has 0 spiro atoms. The number of rotatable bonds is 3. The van der Waals surface area contributed by atoms with E-state index in [0.29, 0.717) is 0 Å². The van der Waals surface area contributed by atoms with Crippen LogP contribution < -0.4 is 4.74 Å². The van der Waals surface area contributed by atoms with Crippen LogP contribution in [0.5, 0.6) is 5.75 Å². The molecular formula is C14H11F3OS. The Morgan fingerprint density at radius 2 is 1.58 bits per heavy atom. The summed E-state index contributed by atoms with van der Waals surface area (Å²) >= 11 is 1.59. The molecule has 2 aromatic carbocycles. The van der Waals surface area contributed by atoms with Crippen molar-refractivity contribution in [2.24, 2.45) is 0 Å². The summed E-state index contributed by atoms with van der Waals surface area (Å²) in [6.07, 6.45) is -2.70. The molecule has 2 aromatic rings. The van der Waals surface area contributed by atoms with Crippen molar-refractivity contribution in [2.45, 2.75) is 11.3 Å². The van der Waals surface area contributed by atoms with Gasteiger partial charge < -0.3 is 4.74 Å². The molecule has 0 unspecified atom stereocenters. The smallest absolute Gasteiger partial charge is 0.406 e. The predicted octanol–water partition coefficient (Wildman–Crippen LogP) is 4.97. The summed E-state index contributed by atoms with van der Waals surface area (Å²) < 4.78 is 40.0. The first-order valence-corrected chi connectivity index (χ1v) is 6.71. The van der Waals surface area contributed by atoms with Crippen molar-refractivity contribution in [1.82, 2.24) is 0 Å². The average Bonchev–Trinajstić information content (AvgIpc) is 2.38. The zero-order chi connectivity index (χ0) is 13.9. The minimum Gasteiger partial charge on any atom is -0.406 e. The molecule has 0 aliphatic heterocycles. The third-order valence-electron chi connectivity index (χ3n) is 2.51. The Labute approximate surface area is 113 Å². The van der Waals surface area contributed by atoms with Crippen molar-refractivity contribution in [1.29, 1.82) is 0 Å². The van der Waals surface area contributed by atoms with Crippen LogP contribution in [0.15, 0.2) is 53.4 Å².